The van der Waals surface area contributed by atoms with E-state index in [9.17, 15) is 14.0 Å². The number of benzene rings is 1. The molecule has 1 aromatic carbocycles. The smallest absolute Gasteiger partial charge is 0.274 e. The monoisotopic (exact) mass is 396 g/mol. The lowest BCUT2D eigenvalue weighted by atomic mass is 9.95. The molecule has 1 unspecified atom stereocenters. The maximum Gasteiger partial charge on any atom is 0.274 e. The average molecular weight is 396 g/mol. The van der Waals surface area contributed by atoms with Crippen LogP contribution in [-0.4, -0.2) is 51.4 Å². The summed E-state index contributed by atoms with van der Waals surface area (Å²) >= 11 is 0. The molecule has 1 aromatic heterocycles. The van der Waals surface area contributed by atoms with E-state index in [1.54, 1.807) is 17.9 Å². The molecule has 3 atom stereocenters. The molecule has 0 spiro atoms. The second-order valence-corrected chi connectivity index (χ2v) is 8.64. The Bertz CT molecular complexity index is 957. The highest BCUT2D eigenvalue weighted by molar-refractivity contribution is 5.94. The molecule has 6 nitrogen and oxygen atoms in total. The molecule has 29 heavy (non-hydrogen) atoms. The molecular formula is C22H25FN4O2. The third kappa shape index (κ3) is 3.12. The predicted octanol–water partition coefficient (Wildman–Crippen LogP) is 2.72. The van der Waals surface area contributed by atoms with Crippen molar-refractivity contribution in [2.45, 2.75) is 38.6 Å². The third-order valence-corrected chi connectivity index (χ3v) is 6.96. The Kier molecular flexibility index (Phi) is 4.41. The van der Waals surface area contributed by atoms with E-state index >= 15 is 0 Å². The van der Waals surface area contributed by atoms with Gasteiger partial charge in [0.1, 0.15) is 5.82 Å². The summed E-state index contributed by atoms with van der Waals surface area (Å²) in [6, 6.07) is 7.05. The van der Waals surface area contributed by atoms with Gasteiger partial charge in [0.25, 0.3) is 5.91 Å². The van der Waals surface area contributed by atoms with Crippen LogP contribution in [0, 0.1) is 17.7 Å². The molecule has 2 aromatic rings. The molecule has 1 N–H and O–H groups in total. The van der Waals surface area contributed by atoms with Crippen LogP contribution in [0.5, 0.6) is 0 Å². The number of likely N-dealkylation sites (tertiary alicyclic amines) is 1. The summed E-state index contributed by atoms with van der Waals surface area (Å²) < 4.78 is 14.2. The van der Waals surface area contributed by atoms with Crippen molar-refractivity contribution in [2.75, 3.05) is 19.6 Å². The standard InChI is InChI=1S/C22H25FN4O2/c1-13(28)26-7-6-20-18(12-26)21(25-24-20)22(29)27-10-15-8-14(9-16(15)11-27)17-4-2-3-5-19(17)23/h2-5,14-16H,6-12H2,1H3,(H,24,25)/t14?,15-,16+. The summed E-state index contributed by atoms with van der Waals surface area (Å²) in [6.45, 7) is 4.06. The summed E-state index contributed by atoms with van der Waals surface area (Å²) in [5, 5.41) is 7.30. The van der Waals surface area contributed by atoms with E-state index in [1.165, 1.54) is 6.07 Å². The first kappa shape index (κ1) is 18.3. The Labute approximate surface area is 169 Å². The minimum Gasteiger partial charge on any atom is -0.338 e. The zero-order valence-electron chi connectivity index (χ0n) is 16.5. The lowest BCUT2D eigenvalue weighted by Gasteiger charge is -2.26. The molecule has 7 heteroatoms. The van der Waals surface area contributed by atoms with Crippen molar-refractivity contribution in [1.29, 1.82) is 0 Å². The highest BCUT2D eigenvalue weighted by Gasteiger charge is 2.44. The Morgan fingerprint density at radius 2 is 1.86 bits per heavy atom. The molecule has 2 aliphatic heterocycles. The lowest BCUT2D eigenvalue weighted by Crippen LogP contribution is -2.36. The van der Waals surface area contributed by atoms with E-state index in [2.05, 4.69) is 10.2 Å². The van der Waals surface area contributed by atoms with Crippen LogP contribution in [0.1, 0.15) is 53.0 Å². The van der Waals surface area contributed by atoms with Gasteiger partial charge in [-0.05, 0) is 42.2 Å². The van der Waals surface area contributed by atoms with Crippen molar-refractivity contribution in [3.63, 3.8) is 0 Å². The molecule has 2 amide bonds. The van der Waals surface area contributed by atoms with Gasteiger partial charge in [-0.25, -0.2) is 4.39 Å². The zero-order chi connectivity index (χ0) is 20.1. The van der Waals surface area contributed by atoms with Gasteiger partial charge in [-0.15, -0.1) is 0 Å². The van der Waals surface area contributed by atoms with E-state index in [-0.39, 0.29) is 23.5 Å². The summed E-state index contributed by atoms with van der Waals surface area (Å²) in [7, 11) is 0. The Balaban J connectivity index is 1.28. The van der Waals surface area contributed by atoms with Gasteiger partial charge in [0.15, 0.2) is 5.69 Å². The number of nitrogens with one attached hydrogen (secondary N) is 1. The van der Waals surface area contributed by atoms with Gasteiger partial charge >= 0.3 is 0 Å². The predicted molar refractivity (Wildman–Crippen MR) is 105 cm³/mol. The molecular weight excluding hydrogens is 371 g/mol. The number of aromatic amines is 1. The van der Waals surface area contributed by atoms with Crippen LogP contribution in [0.4, 0.5) is 4.39 Å². The Hall–Kier alpha value is -2.70. The number of fused-ring (bicyclic) bond motifs is 2. The van der Waals surface area contributed by atoms with Crippen LogP contribution in [0.15, 0.2) is 24.3 Å². The molecule has 3 aliphatic rings. The van der Waals surface area contributed by atoms with Crippen LogP contribution in [-0.2, 0) is 17.8 Å². The SMILES string of the molecule is CC(=O)N1CCc2[nH]nc(C(=O)N3C[C@H]4CC(c5ccccc5F)C[C@H]4C3)c2C1. The summed E-state index contributed by atoms with van der Waals surface area (Å²) in [5.41, 5.74) is 3.09. The van der Waals surface area contributed by atoms with Crippen LogP contribution in [0.3, 0.4) is 0 Å². The first-order valence-corrected chi connectivity index (χ1v) is 10.4. The molecule has 1 saturated carbocycles. The average Bonchev–Trinajstić information content (AvgIpc) is 3.40. The number of rotatable bonds is 2. The number of nitrogens with zero attached hydrogens (tertiary/aromatic N) is 3. The van der Waals surface area contributed by atoms with Gasteiger partial charge in [-0.3, -0.25) is 14.7 Å². The number of hydrogen-bond acceptors (Lipinski definition) is 3. The fraction of sp³-hybridized carbons (Fsp3) is 0.500. The van der Waals surface area contributed by atoms with Crippen LogP contribution in [0.2, 0.25) is 0 Å². The molecule has 152 valence electrons. The molecule has 5 rings (SSSR count). The Morgan fingerprint density at radius 3 is 2.55 bits per heavy atom. The van der Waals surface area contributed by atoms with Gasteiger partial charge in [-0.1, -0.05) is 18.2 Å². The van der Waals surface area contributed by atoms with Crippen molar-refractivity contribution < 1.29 is 14.0 Å². The zero-order valence-corrected chi connectivity index (χ0v) is 16.5. The van der Waals surface area contributed by atoms with Crippen LogP contribution >= 0.6 is 0 Å². The number of carbonyl (C=O) groups excluding carboxylic acids is 2. The highest BCUT2D eigenvalue weighted by atomic mass is 19.1. The van der Waals surface area contributed by atoms with E-state index in [4.69, 9.17) is 0 Å². The number of amides is 2. The maximum absolute atomic E-state index is 14.2. The third-order valence-electron chi connectivity index (χ3n) is 6.96. The Morgan fingerprint density at radius 1 is 1.14 bits per heavy atom. The molecule has 1 aliphatic carbocycles. The quantitative estimate of drug-likeness (QED) is 0.849. The normalized spacial score (nSPS) is 25.8. The molecule has 1 saturated heterocycles. The van der Waals surface area contributed by atoms with E-state index in [0.29, 0.717) is 50.1 Å². The topological polar surface area (TPSA) is 69.3 Å². The van der Waals surface area contributed by atoms with Crippen molar-refractivity contribution in [2.24, 2.45) is 11.8 Å². The molecule has 3 heterocycles. The van der Waals surface area contributed by atoms with Crippen LogP contribution in [0.25, 0.3) is 0 Å². The van der Waals surface area contributed by atoms with Gasteiger partial charge < -0.3 is 9.80 Å². The van der Waals surface area contributed by atoms with Gasteiger partial charge in [-0.2, -0.15) is 5.10 Å². The number of halogens is 1. The summed E-state index contributed by atoms with van der Waals surface area (Å²) in [6.07, 6.45) is 2.54. The first-order valence-electron chi connectivity index (χ1n) is 10.4. The van der Waals surface area contributed by atoms with Crippen LogP contribution < -0.4 is 0 Å². The second-order valence-electron chi connectivity index (χ2n) is 8.64. The van der Waals surface area contributed by atoms with Crippen molar-refractivity contribution in [1.82, 2.24) is 20.0 Å². The van der Waals surface area contributed by atoms with Gasteiger partial charge in [0.05, 0.1) is 0 Å². The van der Waals surface area contributed by atoms with Crippen molar-refractivity contribution in [3.05, 3.63) is 52.6 Å². The van der Waals surface area contributed by atoms with E-state index in [1.807, 2.05) is 17.0 Å². The summed E-state index contributed by atoms with van der Waals surface area (Å²) in [4.78, 5) is 28.6. The molecule has 2 fully saturated rings. The molecule has 0 bridgehead atoms. The summed E-state index contributed by atoms with van der Waals surface area (Å²) in [5.74, 6) is 0.906. The van der Waals surface area contributed by atoms with Gasteiger partial charge in [0.2, 0.25) is 5.91 Å². The first-order chi connectivity index (χ1) is 14.0. The molecule has 0 radical (unpaired) electrons. The van der Waals surface area contributed by atoms with Gasteiger partial charge in [0, 0.05) is 50.8 Å². The van der Waals surface area contributed by atoms with Crippen molar-refractivity contribution in [3.8, 4) is 0 Å². The minimum absolute atomic E-state index is 0.0186. The highest BCUT2D eigenvalue weighted by Crippen LogP contribution is 2.47. The van der Waals surface area contributed by atoms with E-state index in [0.717, 1.165) is 29.7 Å². The maximum atomic E-state index is 14.2. The lowest BCUT2D eigenvalue weighted by molar-refractivity contribution is -0.129. The van der Waals surface area contributed by atoms with E-state index < -0.39 is 0 Å². The fourth-order valence-corrected chi connectivity index (χ4v) is 5.42. The minimum atomic E-state index is -0.122. The number of carbonyl (C=O) groups is 2. The fourth-order valence-electron chi connectivity index (χ4n) is 5.42. The second kappa shape index (κ2) is 6.97. The van der Waals surface area contributed by atoms with Crippen molar-refractivity contribution >= 4 is 11.8 Å². The number of aromatic nitrogens is 2. The largest absolute Gasteiger partial charge is 0.338 e. The number of H-pyrrole nitrogens is 1. The number of hydrogen-bond donors (Lipinski definition) is 1.